The number of anilines is 1. The molecule has 0 fully saturated rings. The molecule has 0 radical (unpaired) electrons. The number of hydrogen-bond donors (Lipinski definition) is 2. The molecular weight excluding hydrogens is 214 g/mol. The van der Waals surface area contributed by atoms with E-state index in [-0.39, 0.29) is 5.56 Å². The quantitative estimate of drug-likeness (QED) is 0.801. The van der Waals surface area contributed by atoms with E-state index in [1.165, 1.54) is 17.4 Å². The van der Waals surface area contributed by atoms with Gasteiger partial charge in [0, 0.05) is 12.6 Å². The minimum atomic E-state index is -0.227. The van der Waals surface area contributed by atoms with E-state index in [1.807, 2.05) is 6.92 Å². The lowest BCUT2D eigenvalue weighted by molar-refractivity contribution is 0.982. The Bertz CT molecular complexity index is 485. The van der Waals surface area contributed by atoms with Crippen LogP contribution in [-0.4, -0.2) is 26.9 Å². The Morgan fingerprint density at radius 1 is 1.47 bits per heavy atom. The topological polar surface area (TPSA) is 83.6 Å². The van der Waals surface area contributed by atoms with Crippen LogP contribution >= 0.6 is 11.3 Å². The molecule has 0 aliphatic carbocycles. The first-order valence-corrected chi connectivity index (χ1v) is 5.24. The van der Waals surface area contributed by atoms with Crippen molar-refractivity contribution < 1.29 is 0 Å². The summed E-state index contributed by atoms with van der Waals surface area (Å²) >= 11 is 1.40. The molecule has 0 amide bonds. The monoisotopic (exact) mass is 223 g/mol. The van der Waals surface area contributed by atoms with Crippen LogP contribution in [0.15, 0.2) is 16.9 Å². The Morgan fingerprint density at radius 3 is 3.00 bits per heavy atom. The molecule has 0 spiro atoms. The zero-order chi connectivity index (χ0) is 10.7. The highest BCUT2D eigenvalue weighted by Gasteiger charge is 2.06. The van der Waals surface area contributed by atoms with E-state index >= 15 is 0 Å². The van der Waals surface area contributed by atoms with Crippen LogP contribution in [0.5, 0.6) is 0 Å². The van der Waals surface area contributed by atoms with Crippen molar-refractivity contribution in [3.8, 4) is 10.7 Å². The van der Waals surface area contributed by atoms with Crippen molar-refractivity contribution in [2.45, 2.75) is 6.92 Å². The van der Waals surface area contributed by atoms with Gasteiger partial charge in [-0.2, -0.15) is 5.10 Å². The van der Waals surface area contributed by atoms with Crippen LogP contribution in [0, 0.1) is 0 Å². The summed E-state index contributed by atoms with van der Waals surface area (Å²) < 4.78 is 0. The molecule has 0 unspecified atom stereocenters. The molecule has 0 aromatic carbocycles. The number of aromatic amines is 1. The number of H-pyrrole nitrogens is 1. The number of hydrogen-bond acceptors (Lipinski definition) is 6. The van der Waals surface area contributed by atoms with Gasteiger partial charge >= 0.3 is 0 Å². The van der Waals surface area contributed by atoms with E-state index in [0.717, 1.165) is 11.7 Å². The van der Waals surface area contributed by atoms with Gasteiger partial charge in [0.15, 0.2) is 5.01 Å². The fourth-order valence-corrected chi connectivity index (χ4v) is 1.79. The van der Waals surface area contributed by atoms with E-state index in [9.17, 15) is 4.79 Å². The largest absolute Gasteiger partial charge is 0.360 e. The Balaban J connectivity index is 2.29. The van der Waals surface area contributed by atoms with Crippen molar-refractivity contribution in [1.82, 2.24) is 20.4 Å². The van der Waals surface area contributed by atoms with Gasteiger partial charge in [0.05, 0.1) is 0 Å². The van der Waals surface area contributed by atoms with E-state index < -0.39 is 0 Å². The smallest absolute Gasteiger partial charge is 0.264 e. The van der Waals surface area contributed by atoms with E-state index in [1.54, 1.807) is 6.07 Å². The third kappa shape index (κ3) is 2.18. The second-order valence-electron chi connectivity index (χ2n) is 2.75. The Morgan fingerprint density at radius 2 is 2.33 bits per heavy atom. The highest BCUT2D eigenvalue weighted by atomic mass is 32.1. The third-order valence-electron chi connectivity index (χ3n) is 1.65. The SMILES string of the molecule is CCNc1nnc(-c2ccc(=O)[nH]n2)s1. The Kier molecular flexibility index (Phi) is 2.72. The molecule has 7 heteroatoms. The van der Waals surface area contributed by atoms with Crippen LogP contribution in [0.2, 0.25) is 0 Å². The van der Waals surface area contributed by atoms with Gasteiger partial charge in [-0.25, -0.2) is 5.10 Å². The molecule has 2 rings (SSSR count). The number of nitrogens with zero attached hydrogens (tertiary/aromatic N) is 3. The van der Waals surface area contributed by atoms with Crippen LogP contribution in [-0.2, 0) is 0 Å². The average molecular weight is 223 g/mol. The first kappa shape index (κ1) is 9.78. The van der Waals surface area contributed by atoms with Gasteiger partial charge in [-0.15, -0.1) is 10.2 Å². The molecule has 0 atom stereocenters. The van der Waals surface area contributed by atoms with Crippen molar-refractivity contribution in [3.05, 3.63) is 22.5 Å². The maximum atomic E-state index is 10.8. The minimum Gasteiger partial charge on any atom is -0.360 e. The molecule has 0 saturated carbocycles. The maximum Gasteiger partial charge on any atom is 0.264 e. The summed E-state index contributed by atoms with van der Waals surface area (Å²) in [4.78, 5) is 10.8. The van der Waals surface area contributed by atoms with Gasteiger partial charge in [-0.3, -0.25) is 4.79 Å². The Labute approximate surface area is 89.4 Å². The maximum absolute atomic E-state index is 10.8. The molecule has 2 heterocycles. The molecule has 0 saturated heterocycles. The highest BCUT2D eigenvalue weighted by Crippen LogP contribution is 2.23. The molecule has 2 aromatic heterocycles. The van der Waals surface area contributed by atoms with E-state index in [0.29, 0.717) is 10.7 Å². The van der Waals surface area contributed by atoms with Crippen molar-refractivity contribution in [2.24, 2.45) is 0 Å². The lowest BCUT2D eigenvalue weighted by Gasteiger charge is -1.92. The number of nitrogens with one attached hydrogen (secondary N) is 2. The predicted octanol–water partition coefficient (Wildman–Crippen LogP) is 0.720. The summed E-state index contributed by atoms with van der Waals surface area (Å²) in [6.45, 7) is 2.78. The highest BCUT2D eigenvalue weighted by molar-refractivity contribution is 7.18. The zero-order valence-corrected chi connectivity index (χ0v) is 8.84. The molecule has 15 heavy (non-hydrogen) atoms. The minimum absolute atomic E-state index is 0.227. The summed E-state index contributed by atoms with van der Waals surface area (Å²) in [7, 11) is 0. The summed E-state index contributed by atoms with van der Waals surface area (Å²) in [5.41, 5.74) is 0.395. The molecule has 2 aromatic rings. The molecule has 6 nitrogen and oxygen atoms in total. The van der Waals surface area contributed by atoms with Crippen molar-refractivity contribution in [1.29, 1.82) is 0 Å². The first-order valence-electron chi connectivity index (χ1n) is 4.43. The number of aromatic nitrogens is 4. The lowest BCUT2D eigenvalue weighted by atomic mass is 10.4. The summed E-state index contributed by atoms with van der Waals surface area (Å²) in [6.07, 6.45) is 0. The van der Waals surface area contributed by atoms with E-state index in [2.05, 4.69) is 25.7 Å². The summed E-state index contributed by atoms with van der Waals surface area (Å²) in [6, 6.07) is 3.03. The van der Waals surface area contributed by atoms with Gasteiger partial charge in [0.2, 0.25) is 5.13 Å². The van der Waals surface area contributed by atoms with Crippen LogP contribution in [0.1, 0.15) is 6.92 Å². The van der Waals surface area contributed by atoms with Gasteiger partial charge in [-0.1, -0.05) is 11.3 Å². The van der Waals surface area contributed by atoms with Crippen LogP contribution in [0.4, 0.5) is 5.13 Å². The van der Waals surface area contributed by atoms with Crippen LogP contribution < -0.4 is 10.9 Å². The van der Waals surface area contributed by atoms with Gasteiger partial charge < -0.3 is 5.32 Å². The predicted molar refractivity (Wildman–Crippen MR) is 57.9 cm³/mol. The van der Waals surface area contributed by atoms with Gasteiger partial charge in [0.1, 0.15) is 5.69 Å². The fourth-order valence-electron chi connectivity index (χ4n) is 1.01. The zero-order valence-electron chi connectivity index (χ0n) is 8.02. The van der Waals surface area contributed by atoms with Gasteiger partial charge in [0.25, 0.3) is 5.56 Å². The number of rotatable bonds is 3. The molecule has 2 N–H and O–H groups in total. The summed E-state index contributed by atoms with van der Waals surface area (Å²) in [5, 5.41) is 18.6. The van der Waals surface area contributed by atoms with Crippen LogP contribution in [0.3, 0.4) is 0 Å². The van der Waals surface area contributed by atoms with Gasteiger partial charge in [-0.05, 0) is 13.0 Å². The first-order chi connectivity index (χ1) is 7.29. The Hall–Kier alpha value is -1.76. The van der Waals surface area contributed by atoms with Crippen LogP contribution in [0.25, 0.3) is 10.7 Å². The second-order valence-corrected chi connectivity index (χ2v) is 3.73. The molecule has 78 valence electrons. The third-order valence-corrected chi connectivity index (χ3v) is 2.55. The van der Waals surface area contributed by atoms with Crippen molar-refractivity contribution in [3.63, 3.8) is 0 Å². The van der Waals surface area contributed by atoms with E-state index in [4.69, 9.17) is 0 Å². The molecule has 0 bridgehead atoms. The summed E-state index contributed by atoms with van der Waals surface area (Å²) in [5.74, 6) is 0. The lowest BCUT2D eigenvalue weighted by Crippen LogP contribution is -2.05. The molecule has 0 aliphatic heterocycles. The molecular formula is C8H9N5OS. The standard InChI is InChI=1S/C8H9N5OS/c1-2-9-8-13-12-7(15-8)5-3-4-6(14)11-10-5/h3-4H,2H2,1H3,(H,9,13)(H,11,14). The normalized spacial score (nSPS) is 10.2. The second kappa shape index (κ2) is 4.18. The fraction of sp³-hybridized carbons (Fsp3) is 0.250. The van der Waals surface area contributed by atoms with Crippen molar-refractivity contribution >= 4 is 16.5 Å². The average Bonchev–Trinajstić information content (AvgIpc) is 2.68. The molecule has 0 aliphatic rings. The van der Waals surface area contributed by atoms with Crippen molar-refractivity contribution in [2.75, 3.05) is 11.9 Å².